The van der Waals surface area contributed by atoms with Crippen molar-refractivity contribution in [3.8, 4) is 0 Å². The van der Waals surface area contributed by atoms with Gasteiger partial charge in [-0.25, -0.2) is 0 Å². The third-order valence-corrected chi connectivity index (χ3v) is 6.30. The first kappa shape index (κ1) is 15.7. The molecule has 0 saturated heterocycles. The Morgan fingerprint density at radius 3 is 2.91 bits per heavy atom. The Balaban J connectivity index is 1.44. The molecule has 1 amide bonds. The minimum absolute atomic E-state index is 0.0388. The third kappa shape index (κ3) is 3.59. The molecule has 0 spiro atoms. The molecule has 1 aromatic rings. The molecular weight excluding hydrogens is 300 g/mol. The highest BCUT2D eigenvalue weighted by Crippen LogP contribution is 2.49. The number of hydrogen-bond acceptors (Lipinski definition) is 4. The summed E-state index contributed by atoms with van der Waals surface area (Å²) in [7, 11) is -1.24. The van der Waals surface area contributed by atoms with Gasteiger partial charge in [0.05, 0.1) is 11.4 Å². The molecule has 6 heteroatoms. The number of hydrogen-bond donors (Lipinski definition) is 1. The molecule has 2 aliphatic rings. The normalized spacial score (nSPS) is 29.5. The summed E-state index contributed by atoms with van der Waals surface area (Å²) in [5.74, 6) is 3.15. The second kappa shape index (κ2) is 6.52. The van der Waals surface area contributed by atoms with E-state index in [9.17, 15) is 9.00 Å². The van der Waals surface area contributed by atoms with Gasteiger partial charge in [-0.2, -0.15) is 0 Å². The maximum atomic E-state index is 12.1. The summed E-state index contributed by atoms with van der Waals surface area (Å²) < 4.78 is 17.0. The first-order valence-corrected chi connectivity index (χ1v) is 9.56. The highest BCUT2D eigenvalue weighted by molar-refractivity contribution is 7.84. The molecule has 2 saturated carbocycles. The van der Waals surface area contributed by atoms with Gasteiger partial charge >= 0.3 is 0 Å². The minimum atomic E-state index is -1.24. The molecule has 0 aliphatic heterocycles. The number of nitrogens with one attached hydrogen (secondary N) is 1. The van der Waals surface area contributed by atoms with Crippen molar-refractivity contribution in [2.75, 3.05) is 5.75 Å². The van der Waals surface area contributed by atoms with Crippen LogP contribution in [0.2, 0.25) is 0 Å². The van der Waals surface area contributed by atoms with Gasteiger partial charge in [-0.05, 0) is 50.9 Å². The highest BCUT2D eigenvalue weighted by atomic mass is 32.2. The van der Waals surface area contributed by atoms with Crippen molar-refractivity contribution < 1.29 is 13.5 Å². The Hall–Kier alpha value is -1.17. The Kier molecular flexibility index (Phi) is 4.66. The average Bonchev–Trinajstić information content (AvgIpc) is 3.15. The SMILES string of the molecule is Cc1cc(CS(=O)CC(=O)NC(C)C2CC3CCC2C3)no1. The predicted octanol–water partition coefficient (Wildman–Crippen LogP) is 2.17. The van der Waals surface area contributed by atoms with Gasteiger partial charge in [0.15, 0.2) is 0 Å². The van der Waals surface area contributed by atoms with Crippen LogP contribution in [0, 0.1) is 24.7 Å². The highest BCUT2D eigenvalue weighted by Gasteiger charge is 2.42. The van der Waals surface area contributed by atoms with E-state index >= 15 is 0 Å². The molecule has 122 valence electrons. The number of amides is 1. The van der Waals surface area contributed by atoms with Gasteiger partial charge in [0.25, 0.3) is 0 Å². The largest absolute Gasteiger partial charge is 0.361 e. The van der Waals surface area contributed by atoms with E-state index < -0.39 is 10.8 Å². The molecule has 5 nitrogen and oxygen atoms in total. The molecule has 0 aromatic carbocycles. The van der Waals surface area contributed by atoms with Gasteiger partial charge in [0.1, 0.15) is 11.5 Å². The summed E-state index contributed by atoms with van der Waals surface area (Å²) >= 11 is 0. The van der Waals surface area contributed by atoms with Gasteiger partial charge < -0.3 is 9.84 Å². The molecule has 5 atom stereocenters. The zero-order chi connectivity index (χ0) is 15.7. The predicted molar refractivity (Wildman–Crippen MR) is 84.5 cm³/mol. The van der Waals surface area contributed by atoms with E-state index in [2.05, 4.69) is 17.4 Å². The van der Waals surface area contributed by atoms with Gasteiger partial charge in [0.2, 0.25) is 5.91 Å². The lowest BCUT2D eigenvalue weighted by Crippen LogP contribution is -2.42. The lowest BCUT2D eigenvalue weighted by Gasteiger charge is -2.28. The van der Waals surface area contributed by atoms with Gasteiger partial charge in [-0.1, -0.05) is 11.6 Å². The van der Waals surface area contributed by atoms with Crippen molar-refractivity contribution >= 4 is 16.7 Å². The number of aromatic nitrogens is 1. The summed E-state index contributed by atoms with van der Waals surface area (Å²) in [6.07, 6.45) is 5.26. The van der Waals surface area contributed by atoms with E-state index in [-0.39, 0.29) is 23.5 Å². The number of carbonyl (C=O) groups excluding carboxylic acids is 1. The Morgan fingerprint density at radius 1 is 1.50 bits per heavy atom. The molecule has 0 radical (unpaired) electrons. The van der Waals surface area contributed by atoms with E-state index in [1.54, 1.807) is 13.0 Å². The molecule has 1 aromatic heterocycles. The summed E-state index contributed by atoms with van der Waals surface area (Å²) in [4.78, 5) is 12.1. The summed E-state index contributed by atoms with van der Waals surface area (Å²) in [6, 6.07) is 1.95. The number of carbonyl (C=O) groups is 1. The van der Waals surface area contributed by atoms with Crippen LogP contribution in [-0.2, 0) is 21.3 Å². The number of nitrogens with zero attached hydrogens (tertiary/aromatic N) is 1. The zero-order valence-electron chi connectivity index (χ0n) is 13.2. The quantitative estimate of drug-likeness (QED) is 0.870. The van der Waals surface area contributed by atoms with E-state index in [1.165, 1.54) is 25.7 Å². The van der Waals surface area contributed by atoms with Crippen LogP contribution in [0.5, 0.6) is 0 Å². The van der Waals surface area contributed by atoms with E-state index in [1.807, 2.05) is 0 Å². The standard InChI is InChI=1S/C16H24N2O3S/c1-10-5-14(18-21-10)8-22(20)9-16(19)17-11(2)15-7-12-3-4-13(15)6-12/h5,11-13,15H,3-4,6-9H2,1-2H3,(H,17,19). The maximum Gasteiger partial charge on any atom is 0.232 e. The molecule has 3 rings (SSSR count). The topological polar surface area (TPSA) is 72.2 Å². The second-order valence-electron chi connectivity index (χ2n) is 6.85. The van der Waals surface area contributed by atoms with Gasteiger partial charge in [-0.15, -0.1) is 0 Å². The van der Waals surface area contributed by atoms with Crippen molar-refractivity contribution in [3.63, 3.8) is 0 Å². The van der Waals surface area contributed by atoms with Crippen LogP contribution in [0.25, 0.3) is 0 Å². The summed E-state index contributed by atoms with van der Waals surface area (Å²) in [5, 5.41) is 6.87. The molecular formula is C16H24N2O3S. The molecule has 5 unspecified atom stereocenters. The van der Waals surface area contributed by atoms with Crippen LogP contribution in [0.3, 0.4) is 0 Å². The van der Waals surface area contributed by atoms with Crippen molar-refractivity contribution in [2.24, 2.45) is 17.8 Å². The van der Waals surface area contributed by atoms with E-state index in [4.69, 9.17) is 4.52 Å². The first-order chi connectivity index (χ1) is 10.5. The first-order valence-electron chi connectivity index (χ1n) is 8.08. The Morgan fingerprint density at radius 2 is 2.32 bits per heavy atom. The third-order valence-electron chi connectivity index (χ3n) is 5.10. The van der Waals surface area contributed by atoms with Crippen molar-refractivity contribution in [2.45, 2.75) is 51.3 Å². The maximum absolute atomic E-state index is 12.1. The lowest BCUT2D eigenvalue weighted by atomic mass is 9.84. The molecule has 2 fully saturated rings. The second-order valence-corrected chi connectivity index (χ2v) is 8.31. The van der Waals surface area contributed by atoms with Crippen LogP contribution < -0.4 is 5.32 Å². The lowest BCUT2D eigenvalue weighted by molar-refractivity contribution is -0.119. The molecule has 1 heterocycles. The van der Waals surface area contributed by atoms with Gasteiger partial charge in [0, 0.05) is 22.9 Å². The number of aryl methyl sites for hydroxylation is 1. The van der Waals surface area contributed by atoms with Crippen LogP contribution in [0.15, 0.2) is 10.6 Å². The number of fused-ring (bicyclic) bond motifs is 2. The van der Waals surface area contributed by atoms with Crippen molar-refractivity contribution in [1.29, 1.82) is 0 Å². The summed E-state index contributed by atoms with van der Waals surface area (Å²) in [5.41, 5.74) is 0.643. The molecule has 22 heavy (non-hydrogen) atoms. The molecule has 1 N–H and O–H groups in total. The molecule has 2 bridgehead atoms. The fraction of sp³-hybridized carbons (Fsp3) is 0.750. The smallest absolute Gasteiger partial charge is 0.232 e. The zero-order valence-corrected chi connectivity index (χ0v) is 14.0. The Bertz CT molecular complexity index is 571. The van der Waals surface area contributed by atoms with E-state index in [0.29, 0.717) is 17.4 Å². The summed E-state index contributed by atoms with van der Waals surface area (Å²) in [6.45, 7) is 3.89. The minimum Gasteiger partial charge on any atom is -0.361 e. The fourth-order valence-electron chi connectivity index (χ4n) is 4.16. The van der Waals surface area contributed by atoms with Crippen LogP contribution >= 0.6 is 0 Å². The Labute approximate surface area is 133 Å². The van der Waals surface area contributed by atoms with Crippen molar-refractivity contribution in [1.82, 2.24) is 10.5 Å². The van der Waals surface area contributed by atoms with Crippen LogP contribution in [0.1, 0.15) is 44.1 Å². The monoisotopic (exact) mass is 324 g/mol. The van der Waals surface area contributed by atoms with Crippen LogP contribution in [0.4, 0.5) is 0 Å². The van der Waals surface area contributed by atoms with Gasteiger partial charge in [-0.3, -0.25) is 9.00 Å². The van der Waals surface area contributed by atoms with E-state index in [0.717, 1.165) is 11.8 Å². The van der Waals surface area contributed by atoms with Crippen molar-refractivity contribution in [3.05, 3.63) is 17.5 Å². The average molecular weight is 324 g/mol. The van der Waals surface area contributed by atoms with Crippen LogP contribution in [-0.4, -0.2) is 27.1 Å². The molecule has 2 aliphatic carbocycles. The fourth-order valence-corrected chi connectivity index (χ4v) is 5.10. The number of rotatable bonds is 6.